The summed E-state index contributed by atoms with van der Waals surface area (Å²) in [5.41, 5.74) is 1.18. The lowest BCUT2D eigenvalue weighted by atomic mass is 10.2. The molecule has 4 rings (SSSR count). The minimum absolute atomic E-state index is 0.216. The fourth-order valence-corrected chi connectivity index (χ4v) is 3.15. The number of hydrogen-bond donors (Lipinski definition) is 1. The van der Waals surface area contributed by atoms with Gasteiger partial charge in [-0.1, -0.05) is 41.9 Å². The molecule has 8 nitrogen and oxygen atoms in total. The Morgan fingerprint density at radius 2 is 1.97 bits per heavy atom. The van der Waals surface area contributed by atoms with Crippen LogP contribution in [-0.4, -0.2) is 32.5 Å². The van der Waals surface area contributed by atoms with Gasteiger partial charge in [0, 0.05) is 17.4 Å². The van der Waals surface area contributed by atoms with Crippen LogP contribution in [-0.2, 0) is 11.3 Å². The fourth-order valence-electron chi connectivity index (χ4n) is 2.89. The molecule has 0 atom stereocenters. The quantitative estimate of drug-likeness (QED) is 0.531. The normalized spacial score (nSPS) is 10.7. The number of rotatable bonds is 5. The van der Waals surface area contributed by atoms with Crippen LogP contribution >= 0.6 is 11.6 Å². The lowest BCUT2D eigenvalue weighted by Crippen LogP contribution is -2.28. The van der Waals surface area contributed by atoms with E-state index in [9.17, 15) is 9.59 Å². The maximum Gasteiger partial charge on any atom is 0.264 e. The second-order valence-electron chi connectivity index (χ2n) is 6.37. The van der Waals surface area contributed by atoms with Crippen molar-refractivity contribution in [3.63, 3.8) is 0 Å². The van der Waals surface area contributed by atoms with Crippen LogP contribution in [0.5, 0.6) is 5.75 Å². The van der Waals surface area contributed by atoms with Gasteiger partial charge < -0.3 is 10.1 Å². The number of ether oxygens (including phenoxy) is 1. The minimum atomic E-state index is -0.402. The number of hydrogen-bond acceptors (Lipinski definition) is 6. The van der Waals surface area contributed by atoms with E-state index in [4.69, 9.17) is 16.3 Å². The molecule has 30 heavy (non-hydrogen) atoms. The Hall–Kier alpha value is -3.78. The number of methoxy groups -OCH3 is 1. The average Bonchev–Trinajstić information content (AvgIpc) is 2.76. The summed E-state index contributed by atoms with van der Waals surface area (Å²) in [6.07, 6.45) is 2.73. The first-order chi connectivity index (χ1) is 14.5. The summed E-state index contributed by atoms with van der Waals surface area (Å²) in [7, 11) is 1.51. The Morgan fingerprint density at radius 3 is 2.70 bits per heavy atom. The molecule has 150 valence electrons. The summed E-state index contributed by atoms with van der Waals surface area (Å²) >= 11 is 6.07. The smallest absolute Gasteiger partial charge is 0.264 e. The maximum absolute atomic E-state index is 12.7. The van der Waals surface area contributed by atoms with Crippen LogP contribution in [0.2, 0.25) is 5.02 Å². The number of carbonyl (C=O) groups is 1. The lowest BCUT2D eigenvalue weighted by molar-refractivity contribution is -0.116. The Kier molecular flexibility index (Phi) is 5.40. The van der Waals surface area contributed by atoms with Crippen LogP contribution in [0.1, 0.15) is 0 Å². The molecule has 1 amide bonds. The van der Waals surface area contributed by atoms with Gasteiger partial charge in [-0.2, -0.15) is 0 Å². The molecule has 0 unspecified atom stereocenters. The van der Waals surface area contributed by atoms with Crippen LogP contribution in [0, 0.1) is 0 Å². The highest BCUT2D eigenvalue weighted by Crippen LogP contribution is 2.27. The van der Waals surface area contributed by atoms with E-state index in [0.29, 0.717) is 22.3 Å². The zero-order valence-corrected chi connectivity index (χ0v) is 16.6. The number of carbonyl (C=O) groups excluding carboxylic acids is 1. The molecule has 1 N–H and O–H groups in total. The van der Waals surface area contributed by atoms with Gasteiger partial charge in [0.25, 0.3) is 5.56 Å². The largest absolute Gasteiger partial charge is 0.495 e. The van der Waals surface area contributed by atoms with Crippen molar-refractivity contribution in [2.24, 2.45) is 0 Å². The van der Waals surface area contributed by atoms with Crippen LogP contribution in [0.3, 0.4) is 0 Å². The summed E-state index contributed by atoms with van der Waals surface area (Å²) in [6, 6.07) is 14.3. The van der Waals surface area contributed by atoms with Gasteiger partial charge in [-0.3, -0.25) is 14.2 Å². The second-order valence-corrected chi connectivity index (χ2v) is 6.78. The molecular formula is C21H16ClN5O3. The van der Waals surface area contributed by atoms with E-state index in [-0.39, 0.29) is 17.6 Å². The van der Waals surface area contributed by atoms with Crippen LogP contribution in [0.15, 0.2) is 65.8 Å². The molecule has 2 aromatic heterocycles. The predicted octanol–water partition coefficient (Wildman–Crippen LogP) is 3.15. The number of halogens is 1. The van der Waals surface area contributed by atoms with Crippen molar-refractivity contribution >= 4 is 34.2 Å². The molecule has 0 fully saturated rings. The van der Waals surface area contributed by atoms with Gasteiger partial charge >= 0.3 is 0 Å². The zero-order chi connectivity index (χ0) is 21.1. The number of aromatic nitrogens is 4. The van der Waals surface area contributed by atoms with E-state index in [0.717, 1.165) is 5.56 Å². The lowest BCUT2D eigenvalue weighted by Gasteiger charge is -2.09. The first-order valence-corrected chi connectivity index (χ1v) is 9.34. The molecule has 2 heterocycles. The zero-order valence-electron chi connectivity index (χ0n) is 15.9. The topological polar surface area (TPSA) is 99.0 Å². The first-order valence-electron chi connectivity index (χ1n) is 8.96. The van der Waals surface area contributed by atoms with Gasteiger partial charge in [-0.25, -0.2) is 15.0 Å². The van der Waals surface area contributed by atoms with Crippen molar-refractivity contribution in [2.45, 2.75) is 6.54 Å². The van der Waals surface area contributed by atoms with Crippen molar-refractivity contribution in [1.82, 2.24) is 19.5 Å². The van der Waals surface area contributed by atoms with Gasteiger partial charge in [0.05, 0.1) is 12.1 Å². The Bertz CT molecular complexity index is 1290. The Morgan fingerprint density at radius 1 is 1.17 bits per heavy atom. The SMILES string of the molecule is COc1ccc(NC(=O)Cn2cnc3nc(-c4ccccc4)ncc3c2=O)cc1Cl. The predicted molar refractivity (Wildman–Crippen MR) is 114 cm³/mol. The monoisotopic (exact) mass is 421 g/mol. The maximum atomic E-state index is 12.7. The molecule has 0 saturated heterocycles. The van der Waals surface area contributed by atoms with Gasteiger partial charge in [-0.15, -0.1) is 0 Å². The van der Waals surface area contributed by atoms with E-state index < -0.39 is 11.5 Å². The molecule has 4 aromatic rings. The highest BCUT2D eigenvalue weighted by atomic mass is 35.5. The summed E-state index contributed by atoms with van der Waals surface area (Å²) in [5.74, 6) is 0.572. The van der Waals surface area contributed by atoms with Crippen molar-refractivity contribution in [2.75, 3.05) is 12.4 Å². The third kappa shape index (κ3) is 3.99. The van der Waals surface area contributed by atoms with Gasteiger partial charge in [0.1, 0.15) is 24.0 Å². The number of anilines is 1. The number of nitrogens with one attached hydrogen (secondary N) is 1. The molecule has 0 aliphatic heterocycles. The first kappa shape index (κ1) is 19.5. The molecule has 0 bridgehead atoms. The highest BCUT2D eigenvalue weighted by molar-refractivity contribution is 6.32. The van der Waals surface area contributed by atoms with Crippen molar-refractivity contribution in [3.8, 4) is 17.1 Å². The molecule has 0 saturated carbocycles. The average molecular weight is 422 g/mol. The van der Waals surface area contributed by atoms with Crippen molar-refractivity contribution in [3.05, 3.63) is 76.4 Å². The van der Waals surface area contributed by atoms with Crippen LogP contribution in [0.4, 0.5) is 5.69 Å². The Labute approximate surface area is 176 Å². The van der Waals surface area contributed by atoms with E-state index in [1.165, 1.54) is 24.2 Å². The van der Waals surface area contributed by atoms with Gasteiger partial charge in [0.15, 0.2) is 11.5 Å². The molecule has 0 radical (unpaired) electrons. The molecule has 0 spiro atoms. The molecule has 0 aliphatic rings. The molecular weight excluding hydrogens is 406 g/mol. The summed E-state index contributed by atoms with van der Waals surface area (Å²) < 4.78 is 6.29. The fraction of sp³-hybridized carbons (Fsp3) is 0.0952. The van der Waals surface area contributed by atoms with E-state index >= 15 is 0 Å². The minimum Gasteiger partial charge on any atom is -0.495 e. The Balaban J connectivity index is 1.56. The summed E-state index contributed by atoms with van der Waals surface area (Å²) in [5, 5.41) is 3.29. The number of amides is 1. The second kappa shape index (κ2) is 8.30. The van der Waals surface area contributed by atoms with Crippen molar-refractivity contribution in [1.29, 1.82) is 0 Å². The standard InChI is InChI=1S/C21H16ClN5O3/c1-30-17-8-7-14(9-16(17)22)25-18(28)11-27-12-24-20-15(21(27)29)10-23-19(26-20)13-5-3-2-4-6-13/h2-10,12H,11H2,1H3,(H,25,28). The van der Waals surface area contributed by atoms with E-state index in [1.807, 2.05) is 30.3 Å². The molecule has 0 aliphatic carbocycles. The number of benzene rings is 2. The summed E-state index contributed by atoms with van der Waals surface area (Å²) in [6.45, 7) is -0.216. The van der Waals surface area contributed by atoms with Gasteiger partial charge in [0.2, 0.25) is 5.91 Å². The third-order valence-corrected chi connectivity index (χ3v) is 4.66. The number of nitrogens with zero attached hydrogens (tertiary/aromatic N) is 4. The molecule has 9 heteroatoms. The highest BCUT2D eigenvalue weighted by Gasteiger charge is 2.12. The van der Waals surface area contributed by atoms with Crippen LogP contribution in [0.25, 0.3) is 22.4 Å². The number of fused-ring (bicyclic) bond motifs is 1. The van der Waals surface area contributed by atoms with E-state index in [1.54, 1.807) is 18.2 Å². The van der Waals surface area contributed by atoms with Crippen molar-refractivity contribution < 1.29 is 9.53 Å². The van der Waals surface area contributed by atoms with Gasteiger partial charge in [-0.05, 0) is 18.2 Å². The van der Waals surface area contributed by atoms with E-state index in [2.05, 4.69) is 20.3 Å². The van der Waals surface area contributed by atoms with Crippen LogP contribution < -0.4 is 15.6 Å². The third-order valence-electron chi connectivity index (χ3n) is 4.36. The molecule has 2 aromatic carbocycles. The summed E-state index contributed by atoms with van der Waals surface area (Å²) in [4.78, 5) is 37.9.